The van der Waals surface area contributed by atoms with Crippen LogP contribution in [0, 0.1) is 11.3 Å². The van der Waals surface area contributed by atoms with E-state index in [4.69, 9.17) is 16.1 Å². The van der Waals surface area contributed by atoms with E-state index in [1.807, 2.05) is 12.1 Å². The lowest BCUT2D eigenvalue weighted by Gasteiger charge is -2.38. The molecule has 0 aromatic heterocycles. The topological polar surface area (TPSA) is 114 Å². The highest BCUT2D eigenvalue weighted by Crippen LogP contribution is 2.36. The average molecular weight is 428 g/mol. The number of nitrogens with two attached hydrogens (primary N) is 1. The fourth-order valence-corrected chi connectivity index (χ4v) is 4.84. The van der Waals surface area contributed by atoms with Crippen LogP contribution < -0.4 is 5.73 Å². The molecule has 2 aliphatic heterocycles. The van der Waals surface area contributed by atoms with Crippen molar-refractivity contribution < 1.29 is 14.7 Å². The molecule has 1 amide bonds. The maximum atomic E-state index is 12.7. The van der Waals surface area contributed by atoms with E-state index < -0.39 is 12.0 Å². The molecular formula is C23H33N5O3. The Kier molecular flexibility index (Phi) is 7.65. The van der Waals surface area contributed by atoms with Crippen LogP contribution in [-0.4, -0.2) is 82.5 Å². The van der Waals surface area contributed by atoms with Crippen LogP contribution in [0.15, 0.2) is 24.3 Å². The molecule has 0 saturated carbocycles. The smallest absolute Gasteiger partial charge is 0.335 e. The van der Waals surface area contributed by atoms with Crippen molar-refractivity contribution in [2.24, 2.45) is 5.73 Å². The number of amides is 1. The van der Waals surface area contributed by atoms with Gasteiger partial charge in [0, 0.05) is 44.3 Å². The van der Waals surface area contributed by atoms with E-state index in [0.717, 1.165) is 37.9 Å². The first kappa shape index (κ1) is 23.2. The lowest BCUT2D eigenvalue weighted by atomic mass is 10.0. The van der Waals surface area contributed by atoms with Gasteiger partial charge >= 0.3 is 5.97 Å². The molecule has 1 aromatic rings. The summed E-state index contributed by atoms with van der Waals surface area (Å²) in [5.41, 5.74) is 7.66. The number of unbranched alkanes of at least 4 members (excludes halogenated alkanes) is 1. The number of rotatable bonds is 10. The summed E-state index contributed by atoms with van der Waals surface area (Å²) in [5, 5.41) is 18.1. The number of aromatic carboxylic acids is 1. The van der Waals surface area contributed by atoms with Crippen molar-refractivity contribution in [2.75, 3.05) is 32.7 Å². The van der Waals surface area contributed by atoms with Crippen molar-refractivity contribution >= 4 is 11.9 Å². The Morgan fingerprint density at radius 3 is 2.55 bits per heavy atom. The van der Waals surface area contributed by atoms with Gasteiger partial charge in [-0.3, -0.25) is 14.6 Å². The minimum absolute atomic E-state index is 0.0878. The zero-order valence-electron chi connectivity index (χ0n) is 18.4. The second-order valence-electron chi connectivity index (χ2n) is 8.68. The molecule has 3 N–H and O–H groups in total. The van der Waals surface area contributed by atoms with E-state index in [1.54, 1.807) is 17.0 Å². The van der Waals surface area contributed by atoms with Gasteiger partial charge in [-0.15, -0.1) is 0 Å². The van der Waals surface area contributed by atoms with Crippen LogP contribution in [0.3, 0.4) is 0 Å². The van der Waals surface area contributed by atoms with Gasteiger partial charge in [0.2, 0.25) is 5.91 Å². The van der Waals surface area contributed by atoms with E-state index in [9.17, 15) is 9.59 Å². The molecule has 8 heteroatoms. The Morgan fingerprint density at radius 2 is 2.00 bits per heavy atom. The van der Waals surface area contributed by atoms with Crippen LogP contribution in [0.5, 0.6) is 0 Å². The third-order valence-electron chi connectivity index (χ3n) is 6.64. The summed E-state index contributed by atoms with van der Waals surface area (Å²) in [6, 6.07) is 9.54. The lowest BCUT2D eigenvalue weighted by molar-refractivity contribution is -0.132. The van der Waals surface area contributed by atoms with Crippen molar-refractivity contribution in [1.82, 2.24) is 14.7 Å². The zero-order valence-corrected chi connectivity index (χ0v) is 18.4. The summed E-state index contributed by atoms with van der Waals surface area (Å²) in [6.07, 6.45) is 2.89. The van der Waals surface area contributed by atoms with Crippen molar-refractivity contribution in [3.8, 4) is 6.07 Å². The Labute approximate surface area is 184 Å². The summed E-state index contributed by atoms with van der Waals surface area (Å²) >= 11 is 0. The molecule has 2 saturated heterocycles. The van der Waals surface area contributed by atoms with Gasteiger partial charge < -0.3 is 15.7 Å². The predicted octanol–water partition coefficient (Wildman–Crippen LogP) is 1.68. The number of carboxylic acid groups (broad SMARTS) is 1. The van der Waals surface area contributed by atoms with Crippen LogP contribution in [0.25, 0.3) is 0 Å². The Morgan fingerprint density at radius 1 is 1.29 bits per heavy atom. The summed E-state index contributed by atoms with van der Waals surface area (Å²) in [5.74, 6) is -1.05. The summed E-state index contributed by atoms with van der Waals surface area (Å²) in [4.78, 5) is 30.2. The highest BCUT2D eigenvalue weighted by atomic mass is 16.4. The van der Waals surface area contributed by atoms with E-state index in [0.29, 0.717) is 30.7 Å². The third kappa shape index (κ3) is 5.24. The summed E-state index contributed by atoms with van der Waals surface area (Å²) in [7, 11) is 0. The van der Waals surface area contributed by atoms with Crippen molar-refractivity contribution in [2.45, 2.75) is 57.3 Å². The average Bonchev–Trinajstić information content (AvgIpc) is 3.36. The zero-order chi connectivity index (χ0) is 22.5. The molecule has 31 heavy (non-hydrogen) atoms. The lowest BCUT2D eigenvalue weighted by Crippen LogP contribution is -2.54. The normalized spacial score (nSPS) is 22.8. The number of carbonyl (C=O) groups is 2. The quantitative estimate of drug-likeness (QED) is 0.546. The number of fused-ring (bicyclic) bond motifs is 2. The van der Waals surface area contributed by atoms with Crippen molar-refractivity contribution in [3.05, 3.63) is 35.4 Å². The molecule has 4 atom stereocenters. The van der Waals surface area contributed by atoms with Gasteiger partial charge in [-0.2, -0.15) is 5.26 Å². The van der Waals surface area contributed by atoms with Crippen LogP contribution in [0.2, 0.25) is 0 Å². The van der Waals surface area contributed by atoms with Crippen molar-refractivity contribution in [1.29, 1.82) is 5.26 Å². The fourth-order valence-electron chi connectivity index (χ4n) is 4.84. The van der Waals surface area contributed by atoms with Gasteiger partial charge in [-0.25, -0.2) is 4.79 Å². The summed E-state index contributed by atoms with van der Waals surface area (Å²) in [6.45, 7) is 7.18. The molecule has 3 rings (SSSR count). The Bertz CT molecular complexity index is 821. The molecular weight excluding hydrogens is 394 g/mol. The maximum absolute atomic E-state index is 12.7. The molecule has 2 heterocycles. The number of likely N-dealkylation sites (tertiary alicyclic amines) is 2. The first-order valence-corrected chi connectivity index (χ1v) is 11.1. The van der Waals surface area contributed by atoms with Gasteiger partial charge in [0.25, 0.3) is 0 Å². The second-order valence-corrected chi connectivity index (χ2v) is 8.68. The van der Waals surface area contributed by atoms with Crippen LogP contribution >= 0.6 is 0 Å². The van der Waals surface area contributed by atoms with Gasteiger partial charge in [-0.1, -0.05) is 25.5 Å². The number of hydrogen-bond donors (Lipinski definition) is 2. The first-order valence-electron chi connectivity index (χ1n) is 11.1. The predicted molar refractivity (Wildman–Crippen MR) is 117 cm³/mol. The molecule has 0 aliphatic carbocycles. The minimum atomic E-state index is -0.913. The second kappa shape index (κ2) is 10.2. The molecule has 0 radical (unpaired) electrons. The van der Waals surface area contributed by atoms with Gasteiger partial charge in [-0.05, 0) is 37.5 Å². The molecule has 2 fully saturated rings. The molecule has 2 bridgehead atoms. The number of piperazine rings is 1. The maximum Gasteiger partial charge on any atom is 0.335 e. The van der Waals surface area contributed by atoms with E-state index in [2.05, 4.69) is 29.7 Å². The summed E-state index contributed by atoms with van der Waals surface area (Å²) < 4.78 is 0. The van der Waals surface area contributed by atoms with Crippen LogP contribution in [0.1, 0.15) is 55.1 Å². The molecule has 2 unspecified atom stereocenters. The molecule has 2 aliphatic rings. The highest BCUT2D eigenvalue weighted by Gasteiger charge is 2.45. The minimum Gasteiger partial charge on any atom is -0.478 e. The molecule has 168 valence electrons. The fraction of sp³-hybridized carbons (Fsp3) is 0.609. The van der Waals surface area contributed by atoms with E-state index in [1.165, 1.54) is 0 Å². The third-order valence-corrected chi connectivity index (χ3v) is 6.64. The molecule has 1 aromatic carbocycles. The number of nitriles is 1. The number of benzene rings is 1. The van der Waals surface area contributed by atoms with Crippen LogP contribution in [-0.2, 0) is 4.79 Å². The SMILES string of the molecule is CCCCN(CC#N)C(=O)[C@@H](N)CN1CC2CC1CN2[C@@H](C)c1ccc(C(=O)O)cc1. The Hall–Kier alpha value is -2.47. The molecule has 0 spiro atoms. The number of nitrogens with zero attached hydrogens (tertiary/aromatic N) is 4. The van der Waals surface area contributed by atoms with E-state index >= 15 is 0 Å². The standard InChI is InChI=1S/C23H33N5O3/c1-3-4-10-26(11-9-24)22(29)21(25)15-27-13-20-12-19(27)14-28(20)16(2)17-5-7-18(8-6-17)23(30)31/h5-8,16,19-21H,3-4,10-15,25H2,1-2H3,(H,30,31)/t16-,19?,20?,21-/m0/s1. The largest absolute Gasteiger partial charge is 0.478 e. The van der Waals surface area contributed by atoms with Gasteiger partial charge in [0.15, 0.2) is 0 Å². The number of carboxylic acids is 1. The Balaban J connectivity index is 1.55. The van der Waals surface area contributed by atoms with E-state index in [-0.39, 0.29) is 18.5 Å². The number of hydrogen-bond acceptors (Lipinski definition) is 6. The van der Waals surface area contributed by atoms with Gasteiger partial charge in [0.05, 0.1) is 17.7 Å². The van der Waals surface area contributed by atoms with Gasteiger partial charge in [0.1, 0.15) is 6.54 Å². The molecule has 8 nitrogen and oxygen atoms in total. The monoisotopic (exact) mass is 427 g/mol. The first-order chi connectivity index (χ1) is 14.8. The number of carbonyl (C=O) groups excluding carboxylic acids is 1. The highest BCUT2D eigenvalue weighted by molar-refractivity contribution is 5.87. The van der Waals surface area contributed by atoms with Crippen molar-refractivity contribution in [3.63, 3.8) is 0 Å². The van der Waals surface area contributed by atoms with Crippen LogP contribution in [0.4, 0.5) is 0 Å².